The van der Waals surface area contributed by atoms with Crippen molar-refractivity contribution >= 4 is 11.6 Å². The lowest BCUT2D eigenvalue weighted by Gasteiger charge is -2.35. The highest BCUT2D eigenvalue weighted by molar-refractivity contribution is 5.94. The van der Waals surface area contributed by atoms with Crippen LogP contribution in [0.1, 0.15) is 23.2 Å². The number of hydrogen-bond donors (Lipinski definition) is 1. The number of carbonyl (C=O) groups excluding carboxylic acids is 1. The Bertz CT molecular complexity index is 420. The van der Waals surface area contributed by atoms with Gasteiger partial charge in [0.25, 0.3) is 5.91 Å². The van der Waals surface area contributed by atoms with Crippen LogP contribution in [0.3, 0.4) is 0 Å². The van der Waals surface area contributed by atoms with E-state index in [-0.39, 0.29) is 5.91 Å². The van der Waals surface area contributed by atoms with Gasteiger partial charge >= 0.3 is 0 Å². The van der Waals surface area contributed by atoms with Crippen molar-refractivity contribution < 1.29 is 4.79 Å². The van der Waals surface area contributed by atoms with Gasteiger partial charge in [-0.1, -0.05) is 0 Å². The highest BCUT2D eigenvalue weighted by Gasteiger charge is 2.24. The SMILES string of the molecule is CNc1ccc(C(=O)N2CCC(N(C)C)CC2)cc1. The predicted molar refractivity (Wildman–Crippen MR) is 78.6 cm³/mol. The molecule has 19 heavy (non-hydrogen) atoms. The summed E-state index contributed by atoms with van der Waals surface area (Å²) in [6, 6.07) is 8.29. The van der Waals surface area contributed by atoms with E-state index in [9.17, 15) is 4.79 Å². The van der Waals surface area contributed by atoms with Gasteiger partial charge in [-0.15, -0.1) is 0 Å². The molecule has 0 aromatic heterocycles. The van der Waals surface area contributed by atoms with Crippen LogP contribution in [0, 0.1) is 0 Å². The average molecular weight is 261 g/mol. The van der Waals surface area contributed by atoms with E-state index in [1.165, 1.54) is 0 Å². The molecule has 1 N–H and O–H groups in total. The summed E-state index contributed by atoms with van der Waals surface area (Å²) in [5.74, 6) is 0.153. The minimum absolute atomic E-state index is 0.153. The Morgan fingerprint density at radius 3 is 2.26 bits per heavy atom. The Kier molecular flexibility index (Phi) is 4.43. The van der Waals surface area contributed by atoms with Gasteiger partial charge in [0, 0.05) is 37.4 Å². The largest absolute Gasteiger partial charge is 0.388 e. The zero-order chi connectivity index (χ0) is 13.8. The predicted octanol–water partition coefficient (Wildman–Crippen LogP) is 1.89. The maximum Gasteiger partial charge on any atom is 0.253 e. The summed E-state index contributed by atoms with van der Waals surface area (Å²) in [6.45, 7) is 1.71. The number of nitrogens with one attached hydrogen (secondary N) is 1. The molecule has 0 saturated carbocycles. The molecule has 1 aliphatic rings. The fraction of sp³-hybridized carbons (Fsp3) is 0.533. The van der Waals surface area contributed by atoms with Gasteiger partial charge in [0.1, 0.15) is 0 Å². The van der Waals surface area contributed by atoms with Crippen molar-refractivity contribution in [2.24, 2.45) is 0 Å². The molecule has 0 unspecified atom stereocenters. The second kappa shape index (κ2) is 6.06. The molecule has 104 valence electrons. The molecule has 0 atom stereocenters. The Morgan fingerprint density at radius 2 is 1.79 bits per heavy atom. The lowest BCUT2D eigenvalue weighted by molar-refractivity contribution is 0.0663. The Labute approximate surface area is 115 Å². The van der Waals surface area contributed by atoms with Gasteiger partial charge < -0.3 is 15.1 Å². The van der Waals surface area contributed by atoms with E-state index in [1.807, 2.05) is 36.2 Å². The molecule has 0 bridgehead atoms. The minimum atomic E-state index is 0.153. The van der Waals surface area contributed by atoms with Gasteiger partial charge in [-0.05, 0) is 51.2 Å². The molecule has 2 rings (SSSR count). The first-order valence-corrected chi connectivity index (χ1v) is 6.85. The second-order valence-electron chi connectivity index (χ2n) is 5.31. The van der Waals surface area contributed by atoms with Crippen molar-refractivity contribution in [1.29, 1.82) is 0 Å². The summed E-state index contributed by atoms with van der Waals surface area (Å²) in [5, 5.41) is 3.06. The van der Waals surface area contributed by atoms with Crippen LogP contribution in [-0.2, 0) is 0 Å². The summed E-state index contributed by atoms with van der Waals surface area (Å²) in [6.07, 6.45) is 2.13. The fourth-order valence-corrected chi connectivity index (χ4v) is 2.55. The molecular weight excluding hydrogens is 238 g/mol. The molecule has 0 aliphatic carbocycles. The summed E-state index contributed by atoms with van der Waals surface area (Å²) < 4.78 is 0. The van der Waals surface area contributed by atoms with Gasteiger partial charge in [-0.3, -0.25) is 4.79 Å². The molecule has 0 radical (unpaired) electrons. The number of anilines is 1. The molecule has 1 saturated heterocycles. The Balaban J connectivity index is 1.97. The van der Waals surface area contributed by atoms with Crippen molar-refractivity contribution in [2.45, 2.75) is 18.9 Å². The highest BCUT2D eigenvalue weighted by atomic mass is 16.2. The number of hydrogen-bond acceptors (Lipinski definition) is 3. The number of rotatable bonds is 3. The number of amides is 1. The van der Waals surface area contributed by atoms with Crippen LogP contribution >= 0.6 is 0 Å². The van der Waals surface area contributed by atoms with E-state index in [0.29, 0.717) is 6.04 Å². The molecule has 1 aliphatic heterocycles. The van der Waals surface area contributed by atoms with Gasteiger partial charge in [0.2, 0.25) is 0 Å². The lowest BCUT2D eigenvalue weighted by atomic mass is 10.0. The van der Waals surface area contributed by atoms with Crippen molar-refractivity contribution in [1.82, 2.24) is 9.80 Å². The van der Waals surface area contributed by atoms with Crippen LogP contribution in [-0.4, -0.2) is 56.0 Å². The maximum atomic E-state index is 12.4. The van der Waals surface area contributed by atoms with E-state index in [2.05, 4.69) is 24.3 Å². The van der Waals surface area contributed by atoms with E-state index in [1.54, 1.807) is 0 Å². The monoisotopic (exact) mass is 261 g/mol. The van der Waals surface area contributed by atoms with E-state index in [4.69, 9.17) is 0 Å². The average Bonchev–Trinajstić information content (AvgIpc) is 2.46. The van der Waals surface area contributed by atoms with Crippen molar-refractivity contribution in [2.75, 3.05) is 39.5 Å². The first-order chi connectivity index (χ1) is 9.11. The molecule has 1 fully saturated rings. The van der Waals surface area contributed by atoms with E-state index in [0.717, 1.165) is 37.2 Å². The smallest absolute Gasteiger partial charge is 0.253 e. The Hall–Kier alpha value is -1.55. The zero-order valence-corrected chi connectivity index (χ0v) is 12.0. The van der Waals surface area contributed by atoms with Crippen molar-refractivity contribution in [3.63, 3.8) is 0 Å². The molecule has 1 amide bonds. The third-order valence-corrected chi connectivity index (χ3v) is 3.90. The highest BCUT2D eigenvalue weighted by Crippen LogP contribution is 2.17. The number of carbonyl (C=O) groups is 1. The molecule has 4 heteroatoms. The third kappa shape index (κ3) is 3.26. The molecule has 0 spiro atoms. The quantitative estimate of drug-likeness (QED) is 0.902. The third-order valence-electron chi connectivity index (χ3n) is 3.90. The first-order valence-electron chi connectivity index (χ1n) is 6.85. The molecule has 1 aromatic rings. The van der Waals surface area contributed by atoms with Gasteiger partial charge in [0.05, 0.1) is 0 Å². The molecule has 1 aromatic carbocycles. The van der Waals surface area contributed by atoms with Crippen LogP contribution in [0.25, 0.3) is 0 Å². The number of benzene rings is 1. The topological polar surface area (TPSA) is 35.6 Å². The van der Waals surface area contributed by atoms with Gasteiger partial charge in [0.15, 0.2) is 0 Å². The maximum absolute atomic E-state index is 12.4. The van der Waals surface area contributed by atoms with E-state index < -0.39 is 0 Å². The zero-order valence-electron chi connectivity index (χ0n) is 12.0. The van der Waals surface area contributed by atoms with Crippen LogP contribution < -0.4 is 5.32 Å². The lowest BCUT2D eigenvalue weighted by Crippen LogP contribution is -2.44. The first kappa shape index (κ1) is 13.9. The van der Waals surface area contributed by atoms with Crippen molar-refractivity contribution in [3.05, 3.63) is 29.8 Å². The minimum Gasteiger partial charge on any atom is -0.388 e. The van der Waals surface area contributed by atoms with Gasteiger partial charge in [-0.2, -0.15) is 0 Å². The van der Waals surface area contributed by atoms with Crippen LogP contribution in [0.4, 0.5) is 5.69 Å². The van der Waals surface area contributed by atoms with Crippen LogP contribution in [0.2, 0.25) is 0 Å². The molecule has 1 heterocycles. The standard InChI is InChI=1S/C15H23N3O/c1-16-13-6-4-12(5-7-13)15(19)18-10-8-14(9-11-18)17(2)3/h4-7,14,16H,8-11H2,1-3H3. The number of likely N-dealkylation sites (tertiary alicyclic amines) is 1. The summed E-state index contributed by atoms with van der Waals surface area (Å²) in [5.41, 5.74) is 1.81. The van der Waals surface area contributed by atoms with Crippen LogP contribution in [0.15, 0.2) is 24.3 Å². The second-order valence-corrected chi connectivity index (χ2v) is 5.31. The Morgan fingerprint density at radius 1 is 1.21 bits per heavy atom. The summed E-state index contributed by atoms with van der Waals surface area (Å²) >= 11 is 0. The van der Waals surface area contributed by atoms with Crippen molar-refractivity contribution in [3.8, 4) is 0 Å². The van der Waals surface area contributed by atoms with Gasteiger partial charge in [-0.25, -0.2) is 0 Å². The molecular formula is C15H23N3O. The fourth-order valence-electron chi connectivity index (χ4n) is 2.55. The number of nitrogens with zero attached hydrogens (tertiary/aromatic N) is 2. The summed E-state index contributed by atoms with van der Waals surface area (Å²) in [4.78, 5) is 16.6. The van der Waals surface area contributed by atoms with Crippen LogP contribution in [0.5, 0.6) is 0 Å². The van der Waals surface area contributed by atoms with E-state index >= 15 is 0 Å². The normalized spacial score (nSPS) is 16.7. The number of piperidine rings is 1. The summed E-state index contributed by atoms with van der Waals surface area (Å²) in [7, 11) is 6.10. The molecule has 4 nitrogen and oxygen atoms in total.